The Morgan fingerprint density at radius 1 is 1.08 bits per heavy atom. The Labute approximate surface area is 148 Å². The molecule has 5 heteroatoms. The van der Waals surface area contributed by atoms with Gasteiger partial charge in [0, 0.05) is 12.0 Å². The molecule has 0 heterocycles. The molecule has 0 spiro atoms. The fourth-order valence-corrected chi connectivity index (χ4v) is 2.65. The lowest BCUT2D eigenvalue weighted by Crippen LogP contribution is -2.43. The Kier molecular flexibility index (Phi) is 6.57. The van der Waals surface area contributed by atoms with E-state index in [1.54, 1.807) is 7.11 Å². The van der Waals surface area contributed by atoms with Crippen LogP contribution >= 0.6 is 0 Å². The van der Waals surface area contributed by atoms with Gasteiger partial charge >= 0.3 is 5.97 Å². The molecule has 0 saturated heterocycles. The van der Waals surface area contributed by atoms with Crippen molar-refractivity contribution >= 4 is 11.9 Å². The van der Waals surface area contributed by atoms with Crippen LogP contribution in [0.2, 0.25) is 0 Å². The molecule has 0 aromatic heterocycles. The fraction of sp³-hybridized carbons (Fsp3) is 0.300. The van der Waals surface area contributed by atoms with Crippen LogP contribution in [0.15, 0.2) is 48.5 Å². The summed E-state index contributed by atoms with van der Waals surface area (Å²) in [6.07, 6.45) is 0.511. The minimum Gasteiger partial charge on any atom is -0.496 e. The van der Waals surface area contributed by atoms with Crippen LogP contribution in [0.25, 0.3) is 0 Å². The van der Waals surface area contributed by atoms with Crippen molar-refractivity contribution < 1.29 is 19.1 Å². The molecule has 1 atom stereocenters. The van der Waals surface area contributed by atoms with Crippen LogP contribution < -0.4 is 10.1 Å². The number of benzene rings is 2. The summed E-state index contributed by atoms with van der Waals surface area (Å²) in [6, 6.07) is 14.4. The molecular formula is C20H23NO4. The van der Waals surface area contributed by atoms with E-state index >= 15 is 0 Å². The molecule has 0 fully saturated rings. The Balaban J connectivity index is 2.09. The second-order valence-electron chi connectivity index (χ2n) is 5.83. The second-order valence-corrected chi connectivity index (χ2v) is 5.83. The summed E-state index contributed by atoms with van der Waals surface area (Å²) in [5, 5.41) is 2.77. The molecule has 1 amide bonds. The van der Waals surface area contributed by atoms with Crippen molar-refractivity contribution in [1.82, 2.24) is 5.32 Å². The van der Waals surface area contributed by atoms with Crippen molar-refractivity contribution in [1.29, 1.82) is 0 Å². The zero-order chi connectivity index (χ0) is 18.2. The zero-order valence-corrected chi connectivity index (χ0v) is 14.7. The van der Waals surface area contributed by atoms with Crippen LogP contribution in [0, 0.1) is 6.92 Å². The first-order chi connectivity index (χ1) is 12.0. The summed E-state index contributed by atoms with van der Waals surface area (Å²) >= 11 is 0. The summed E-state index contributed by atoms with van der Waals surface area (Å²) < 4.78 is 10.1. The predicted octanol–water partition coefficient (Wildman–Crippen LogP) is 2.45. The quantitative estimate of drug-likeness (QED) is 0.786. The molecular weight excluding hydrogens is 318 g/mol. The average molecular weight is 341 g/mol. The first kappa shape index (κ1) is 18.5. The van der Waals surface area contributed by atoms with Crippen molar-refractivity contribution in [3.05, 3.63) is 65.2 Å². The molecule has 132 valence electrons. The van der Waals surface area contributed by atoms with E-state index in [2.05, 4.69) is 5.32 Å². The minimum absolute atomic E-state index is 0.132. The van der Waals surface area contributed by atoms with Gasteiger partial charge in [0.15, 0.2) is 0 Å². The highest BCUT2D eigenvalue weighted by Gasteiger charge is 2.22. The van der Waals surface area contributed by atoms with Crippen LogP contribution in [0.4, 0.5) is 0 Å². The zero-order valence-electron chi connectivity index (χ0n) is 14.7. The Morgan fingerprint density at radius 2 is 1.80 bits per heavy atom. The summed E-state index contributed by atoms with van der Waals surface area (Å²) in [6.45, 7) is 1.95. The van der Waals surface area contributed by atoms with Crippen molar-refractivity contribution in [3.8, 4) is 5.75 Å². The third-order valence-electron chi connectivity index (χ3n) is 3.89. The fourth-order valence-electron chi connectivity index (χ4n) is 2.65. The van der Waals surface area contributed by atoms with Gasteiger partial charge in [0.05, 0.1) is 20.6 Å². The highest BCUT2D eigenvalue weighted by Crippen LogP contribution is 2.20. The van der Waals surface area contributed by atoms with Crippen LogP contribution in [-0.2, 0) is 27.2 Å². The number of hydrogen-bond acceptors (Lipinski definition) is 4. The molecule has 0 bridgehead atoms. The Bertz CT molecular complexity index is 728. The molecule has 0 aliphatic heterocycles. The lowest BCUT2D eigenvalue weighted by molar-refractivity contribution is -0.145. The van der Waals surface area contributed by atoms with E-state index in [0.717, 1.165) is 16.7 Å². The van der Waals surface area contributed by atoms with Crippen LogP contribution in [0.1, 0.15) is 16.7 Å². The first-order valence-corrected chi connectivity index (χ1v) is 8.08. The van der Waals surface area contributed by atoms with E-state index in [1.165, 1.54) is 7.11 Å². The number of carbonyl (C=O) groups is 2. The molecule has 2 aromatic rings. The van der Waals surface area contributed by atoms with Crippen molar-refractivity contribution in [2.75, 3.05) is 14.2 Å². The maximum Gasteiger partial charge on any atom is 0.328 e. The molecule has 0 radical (unpaired) electrons. The van der Waals surface area contributed by atoms with Gasteiger partial charge in [-0.2, -0.15) is 0 Å². The highest BCUT2D eigenvalue weighted by molar-refractivity contribution is 5.86. The minimum atomic E-state index is -0.726. The molecule has 0 saturated carbocycles. The monoisotopic (exact) mass is 341 g/mol. The number of aryl methyl sites for hydroxylation is 1. The molecule has 1 N–H and O–H groups in total. The van der Waals surface area contributed by atoms with Crippen molar-refractivity contribution in [2.45, 2.75) is 25.8 Å². The van der Waals surface area contributed by atoms with Gasteiger partial charge in [0.25, 0.3) is 0 Å². The number of rotatable bonds is 7. The highest BCUT2D eigenvalue weighted by atomic mass is 16.5. The van der Waals surface area contributed by atoms with Crippen molar-refractivity contribution in [2.24, 2.45) is 0 Å². The number of hydrogen-bond donors (Lipinski definition) is 1. The Hall–Kier alpha value is -2.82. The van der Waals surface area contributed by atoms with E-state index in [0.29, 0.717) is 12.2 Å². The van der Waals surface area contributed by atoms with E-state index in [-0.39, 0.29) is 12.3 Å². The van der Waals surface area contributed by atoms with E-state index in [4.69, 9.17) is 9.47 Å². The van der Waals surface area contributed by atoms with Gasteiger partial charge in [-0.25, -0.2) is 4.79 Å². The van der Waals surface area contributed by atoms with Gasteiger partial charge in [0.1, 0.15) is 11.8 Å². The summed E-state index contributed by atoms with van der Waals surface area (Å²) in [7, 11) is 2.88. The van der Waals surface area contributed by atoms with E-state index < -0.39 is 12.0 Å². The molecule has 0 aliphatic rings. The molecule has 25 heavy (non-hydrogen) atoms. The lowest BCUT2D eigenvalue weighted by atomic mass is 10.0. The van der Waals surface area contributed by atoms with Gasteiger partial charge in [-0.15, -0.1) is 0 Å². The lowest BCUT2D eigenvalue weighted by Gasteiger charge is -2.17. The third-order valence-corrected chi connectivity index (χ3v) is 3.89. The van der Waals surface area contributed by atoms with Gasteiger partial charge in [-0.05, 0) is 18.6 Å². The number of nitrogens with one attached hydrogen (secondary N) is 1. The summed E-state index contributed by atoms with van der Waals surface area (Å²) in [5.41, 5.74) is 2.77. The maximum atomic E-state index is 12.4. The number of ether oxygens (including phenoxy) is 2. The van der Waals surface area contributed by atoms with E-state index in [9.17, 15) is 9.59 Å². The predicted molar refractivity (Wildman–Crippen MR) is 95.5 cm³/mol. The molecule has 0 aliphatic carbocycles. The third kappa shape index (κ3) is 5.35. The summed E-state index contributed by atoms with van der Waals surface area (Å²) in [4.78, 5) is 24.5. The number of amides is 1. The maximum absolute atomic E-state index is 12.4. The normalized spacial score (nSPS) is 11.5. The largest absolute Gasteiger partial charge is 0.496 e. The van der Waals surface area contributed by atoms with Crippen LogP contribution in [0.3, 0.4) is 0 Å². The number of carbonyl (C=O) groups excluding carboxylic acids is 2. The Morgan fingerprint density at radius 3 is 2.44 bits per heavy atom. The van der Waals surface area contributed by atoms with Crippen LogP contribution in [-0.4, -0.2) is 32.1 Å². The van der Waals surface area contributed by atoms with Crippen molar-refractivity contribution in [3.63, 3.8) is 0 Å². The molecule has 0 unspecified atom stereocenters. The molecule has 2 rings (SSSR count). The smallest absolute Gasteiger partial charge is 0.328 e. The molecule has 5 nitrogen and oxygen atoms in total. The second kappa shape index (κ2) is 8.87. The average Bonchev–Trinajstić information content (AvgIpc) is 2.61. The van der Waals surface area contributed by atoms with E-state index in [1.807, 2.05) is 55.5 Å². The van der Waals surface area contributed by atoms with Crippen LogP contribution in [0.5, 0.6) is 5.75 Å². The topological polar surface area (TPSA) is 64.6 Å². The number of esters is 1. The van der Waals surface area contributed by atoms with Gasteiger partial charge in [-0.1, -0.05) is 48.0 Å². The summed E-state index contributed by atoms with van der Waals surface area (Å²) in [5.74, 6) is -0.0675. The van der Waals surface area contributed by atoms with Gasteiger partial charge in [-0.3, -0.25) is 4.79 Å². The standard InChI is InChI=1S/C20H23NO4/c1-14-9-10-18(24-2)16(11-14)13-19(22)21-17(20(23)25-3)12-15-7-5-4-6-8-15/h4-11,17H,12-13H2,1-3H3,(H,21,22)/t17-/m1/s1. The molecule has 2 aromatic carbocycles. The first-order valence-electron chi connectivity index (χ1n) is 8.08. The van der Waals surface area contributed by atoms with Gasteiger partial charge in [0.2, 0.25) is 5.91 Å². The SMILES string of the molecule is COC(=O)[C@@H](Cc1ccccc1)NC(=O)Cc1cc(C)ccc1OC. The van der Waals surface area contributed by atoms with Gasteiger partial charge < -0.3 is 14.8 Å². The number of methoxy groups -OCH3 is 2.